The first-order valence-corrected chi connectivity index (χ1v) is 9.60. The number of benzene rings is 1. The van der Waals surface area contributed by atoms with Gasteiger partial charge in [0.05, 0.1) is 10.6 Å². The molecule has 0 amide bonds. The lowest BCUT2D eigenvalue weighted by Gasteiger charge is -2.14. The van der Waals surface area contributed by atoms with Crippen LogP contribution in [0.25, 0.3) is 0 Å². The standard InChI is InChI=1S/C8H6ClN.C8H17N.C5H12/c1-6-2-3-7(5-10)8(9)4-6;1-3-7(2)8-4-5-9-6-8;1-4-5(2)3/h2-4H,1H3;7-9H,3-6H2,1-2H3;5H,4H2,1-3H3. The van der Waals surface area contributed by atoms with Gasteiger partial charge in [-0.05, 0) is 61.9 Å². The Labute approximate surface area is 154 Å². The molecule has 0 spiro atoms. The van der Waals surface area contributed by atoms with Crippen molar-refractivity contribution in [2.75, 3.05) is 13.1 Å². The zero-order chi connectivity index (χ0) is 18.5. The summed E-state index contributed by atoms with van der Waals surface area (Å²) in [6.45, 7) is 15.7. The van der Waals surface area contributed by atoms with E-state index in [2.05, 4.69) is 39.9 Å². The summed E-state index contributed by atoms with van der Waals surface area (Å²) < 4.78 is 0. The number of nitrogens with zero attached hydrogens (tertiary/aromatic N) is 1. The number of rotatable bonds is 3. The first-order valence-electron chi connectivity index (χ1n) is 9.22. The van der Waals surface area contributed by atoms with Crippen LogP contribution in [0.4, 0.5) is 0 Å². The molecular formula is C21H35ClN2. The fraction of sp³-hybridized carbons (Fsp3) is 0.667. The molecule has 2 nitrogen and oxygen atoms in total. The molecule has 0 saturated carbocycles. The lowest BCUT2D eigenvalue weighted by atomic mass is 9.91. The number of nitrogens with one attached hydrogen (secondary N) is 1. The maximum absolute atomic E-state index is 8.47. The highest BCUT2D eigenvalue weighted by molar-refractivity contribution is 6.31. The molecule has 0 aromatic heterocycles. The van der Waals surface area contributed by atoms with Gasteiger partial charge in [0.15, 0.2) is 0 Å². The molecule has 2 rings (SSSR count). The minimum Gasteiger partial charge on any atom is -0.316 e. The third-order valence-corrected chi connectivity index (χ3v) is 4.92. The molecule has 1 fully saturated rings. The number of nitriles is 1. The van der Waals surface area contributed by atoms with E-state index >= 15 is 0 Å². The van der Waals surface area contributed by atoms with E-state index in [0.29, 0.717) is 10.6 Å². The smallest absolute Gasteiger partial charge is 0.101 e. The lowest BCUT2D eigenvalue weighted by Crippen LogP contribution is -2.14. The van der Waals surface area contributed by atoms with Gasteiger partial charge < -0.3 is 5.32 Å². The van der Waals surface area contributed by atoms with Crippen molar-refractivity contribution in [3.63, 3.8) is 0 Å². The lowest BCUT2D eigenvalue weighted by molar-refractivity contribution is 0.376. The topological polar surface area (TPSA) is 35.8 Å². The Hall–Kier alpha value is -1.04. The van der Waals surface area contributed by atoms with E-state index in [0.717, 1.165) is 23.3 Å². The van der Waals surface area contributed by atoms with E-state index in [9.17, 15) is 0 Å². The SMILES string of the molecule is CCC(C)C.CCC(C)C1CCNC1.Cc1ccc(C#N)c(Cl)c1. The van der Waals surface area contributed by atoms with Gasteiger partial charge in [-0.2, -0.15) is 5.26 Å². The third kappa shape index (κ3) is 9.96. The van der Waals surface area contributed by atoms with Crippen molar-refractivity contribution in [2.45, 2.75) is 60.8 Å². The van der Waals surface area contributed by atoms with Crippen molar-refractivity contribution >= 4 is 11.6 Å². The second-order valence-electron chi connectivity index (χ2n) is 7.04. The van der Waals surface area contributed by atoms with E-state index in [1.54, 1.807) is 12.1 Å². The molecule has 136 valence electrons. The molecule has 1 aromatic carbocycles. The summed E-state index contributed by atoms with van der Waals surface area (Å²) in [7, 11) is 0. The fourth-order valence-electron chi connectivity index (χ4n) is 2.21. The molecule has 0 aliphatic carbocycles. The first-order chi connectivity index (χ1) is 11.3. The van der Waals surface area contributed by atoms with Crippen LogP contribution in [0.15, 0.2) is 18.2 Å². The third-order valence-electron chi connectivity index (χ3n) is 4.61. The van der Waals surface area contributed by atoms with Gasteiger partial charge in [-0.3, -0.25) is 0 Å². The summed E-state index contributed by atoms with van der Waals surface area (Å²) in [5.41, 5.74) is 1.61. The van der Waals surface area contributed by atoms with Crippen LogP contribution in [0.2, 0.25) is 5.02 Å². The van der Waals surface area contributed by atoms with Crippen LogP contribution in [0, 0.1) is 36.0 Å². The highest BCUT2D eigenvalue weighted by Gasteiger charge is 2.18. The quantitative estimate of drug-likeness (QED) is 0.702. The Morgan fingerprint density at radius 3 is 2.25 bits per heavy atom. The average Bonchev–Trinajstić information content (AvgIpc) is 3.10. The molecule has 2 atom stereocenters. The molecule has 0 bridgehead atoms. The zero-order valence-electron chi connectivity index (χ0n) is 16.3. The van der Waals surface area contributed by atoms with Gasteiger partial charge in [-0.1, -0.05) is 65.1 Å². The van der Waals surface area contributed by atoms with Crippen LogP contribution >= 0.6 is 11.6 Å². The molecule has 1 aliphatic heterocycles. The van der Waals surface area contributed by atoms with Crippen LogP contribution in [-0.4, -0.2) is 13.1 Å². The van der Waals surface area contributed by atoms with Crippen molar-refractivity contribution in [1.82, 2.24) is 5.32 Å². The van der Waals surface area contributed by atoms with Crippen molar-refractivity contribution in [1.29, 1.82) is 5.26 Å². The molecular weight excluding hydrogens is 316 g/mol. The van der Waals surface area contributed by atoms with Crippen LogP contribution in [0.5, 0.6) is 0 Å². The van der Waals surface area contributed by atoms with Gasteiger partial charge in [0.1, 0.15) is 6.07 Å². The molecule has 3 heteroatoms. The van der Waals surface area contributed by atoms with Crippen molar-refractivity contribution < 1.29 is 0 Å². The maximum atomic E-state index is 8.47. The van der Waals surface area contributed by atoms with E-state index < -0.39 is 0 Å². The summed E-state index contributed by atoms with van der Waals surface area (Å²) >= 11 is 5.71. The van der Waals surface area contributed by atoms with Crippen molar-refractivity contribution in [3.05, 3.63) is 34.3 Å². The summed E-state index contributed by atoms with van der Waals surface area (Å²) in [5, 5.41) is 12.4. The zero-order valence-corrected chi connectivity index (χ0v) is 17.1. The highest BCUT2D eigenvalue weighted by Crippen LogP contribution is 2.20. The van der Waals surface area contributed by atoms with Crippen molar-refractivity contribution in [3.8, 4) is 6.07 Å². The van der Waals surface area contributed by atoms with Crippen LogP contribution < -0.4 is 5.32 Å². The van der Waals surface area contributed by atoms with E-state index in [-0.39, 0.29) is 0 Å². The van der Waals surface area contributed by atoms with Crippen LogP contribution in [0.3, 0.4) is 0 Å². The van der Waals surface area contributed by atoms with Gasteiger partial charge in [-0.25, -0.2) is 0 Å². The number of halogens is 1. The predicted octanol–water partition coefficient (Wildman–Crippen LogP) is 6.21. The molecule has 1 heterocycles. The maximum Gasteiger partial charge on any atom is 0.101 e. The van der Waals surface area contributed by atoms with Gasteiger partial charge in [0, 0.05) is 0 Å². The van der Waals surface area contributed by atoms with Gasteiger partial charge in [0.25, 0.3) is 0 Å². The largest absolute Gasteiger partial charge is 0.316 e. The number of aryl methyl sites for hydroxylation is 1. The molecule has 0 radical (unpaired) electrons. The van der Waals surface area contributed by atoms with Crippen LogP contribution in [0.1, 0.15) is 65.0 Å². The molecule has 1 N–H and O–H groups in total. The Bertz CT molecular complexity index is 485. The van der Waals surface area contributed by atoms with Gasteiger partial charge in [-0.15, -0.1) is 0 Å². The normalized spacial score (nSPS) is 17.2. The predicted molar refractivity (Wildman–Crippen MR) is 106 cm³/mol. The Kier molecular flexibility index (Phi) is 12.7. The first kappa shape index (κ1) is 23.0. The molecule has 1 aromatic rings. The second kappa shape index (κ2) is 13.3. The van der Waals surface area contributed by atoms with Gasteiger partial charge in [0.2, 0.25) is 0 Å². The summed E-state index contributed by atoms with van der Waals surface area (Å²) in [6, 6.07) is 7.35. The minimum absolute atomic E-state index is 0.530. The van der Waals surface area contributed by atoms with E-state index in [1.165, 1.54) is 32.4 Å². The second-order valence-corrected chi connectivity index (χ2v) is 7.44. The Morgan fingerprint density at radius 1 is 1.25 bits per heavy atom. The Balaban J connectivity index is 0.000000351. The molecule has 1 saturated heterocycles. The fourth-order valence-corrected chi connectivity index (χ4v) is 2.48. The van der Waals surface area contributed by atoms with Gasteiger partial charge >= 0.3 is 0 Å². The molecule has 24 heavy (non-hydrogen) atoms. The van der Waals surface area contributed by atoms with E-state index in [1.807, 2.05) is 19.1 Å². The molecule has 1 aliphatic rings. The number of hydrogen-bond donors (Lipinski definition) is 1. The average molecular weight is 351 g/mol. The van der Waals surface area contributed by atoms with Crippen molar-refractivity contribution in [2.24, 2.45) is 17.8 Å². The highest BCUT2D eigenvalue weighted by atomic mass is 35.5. The summed E-state index contributed by atoms with van der Waals surface area (Å²) in [4.78, 5) is 0. The Morgan fingerprint density at radius 2 is 1.88 bits per heavy atom. The summed E-state index contributed by atoms with van der Waals surface area (Å²) in [5.74, 6) is 2.78. The minimum atomic E-state index is 0.530. The van der Waals surface area contributed by atoms with E-state index in [4.69, 9.17) is 16.9 Å². The summed E-state index contributed by atoms with van der Waals surface area (Å²) in [6.07, 6.45) is 4.04. The molecule has 2 unspecified atom stereocenters. The monoisotopic (exact) mass is 350 g/mol. The number of hydrogen-bond acceptors (Lipinski definition) is 2. The van der Waals surface area contributed by atoms with Crippen LogP contribution in [-0.2, 0) is 0 Å².